The van der Waals surface area contributed by atoms with Crippen molar-refractivity contribution in [1.29, 1.82) is 0 Å². The Labute approximate surface area is 401 Å². The normalized spacial score (nSPS) is 14.9. The van der Waals surface area contributed by atoms with Crippen molar-refractivity contribution in [3.8, 4) is 77.9 Å². The topological polar surface area (TPSA) is 0 Å². The van der Waals surface area contributed by atoms with E-state index in [-0.39, 0.29) is 10.8 Å². The second-order valence-electron chi connectivity index (χ2n) is 20.4. The highest BCUT2D eigenvalue weighted by Gasteiger charge is 2.48. The van der Waals surface area contributed by atoms with Gasteiger partial charge in [0.05, 0.1) is 5.41 Å². The van der Waals surface area contributed by atoms with Crippen molar-refractivity contribution in [2.75, 3.05) is 0 Å². The monoisotopic (exact) mass is 868 g/mol. The number of fused-ring (bicyclic) bond motifs is 9. The van der Waals surface area contributed by atoms with Crippen LogP contribution >= 0.6 is 0 Å². The fourth-order valence-electron chi connectivity index (χ4n) is 12.9. The molecule has 0 atom stereocenters. The molecule has 3 aliphatic carbocycles. The summed E-state index contributed by atoms with van der Waals surface area (Å²) in [5.41, 5.74) is 29.1. The molecule has 0 heterocycles. The molecule has 68 heavy (non-hydrogen) atoms. The van der Waals surface area contributed by atoms with Crippen LogP contribution in [0, 0.1) is 6.92 Å². The minimum Gasteiger partial charge on any atom is -0.0622 e. The minimum atomic E-state index is -0.653. The van der Waals surface area contributed by atoms with E-state index < -0.39 is 5.41 Å². The fraction of sp³-hybridized carbons (Fsp3) is 0.118. The maximum absolute atomic E-state index is 2.53. The zero-order valence-electron chi connectivity index (χ0n) is 39.4. The van der Waals surface area contributed by atoms with Gasteiger partial charge in [-0.15, -0.1) is 0 Å². The second-order valence-corrected chi connectivity index (χ2v) is 20.4. The summed E-state index contributed by atoms with van der Waals surface area (Å²) in [6.07, 6.45) is 0. The highest BCUT2D eigenvalue weighted by Crippen LogP contribution is 2.61. The van der Waals surface area contributed by atoms with Crippen LogP contribution in [0.2, 0.25) is 0 Å². The van der Waals surface area contributed by atoms with Crippen LogP contribution in [0.3, 0.4) is 0 Å². The van der Waals surface area contributed by atoms with Crippen molar-refractivity contribution in [1.82, 2.24) is 0 Å². The van der Waals surface area contributed by atoms with E-state index in [0.717, 1.165) is 0 Å². The summed E-state index contributed by atoms with van der Waals surface area (Å²) in [5, 5.41) is 0. The summed E-state index contributed by atoms with van der Waals surface area (Å²) in [6.45, 7) is 11.8. The number of aryl methyl sites for hydroxylation is 1. The van der Waals surface area contributed by atoms with E-state index in [1.54, 1.807) is 0 Å². The standard InChI is InChI=1S/C68H52/c1-43-20-13-38-60-62(43)65-53(46-24-14-23-45(40-46)44-21-7-6-8-22-44)33-19-39-61(65)68(60,49-27-15-25-47(41-49)51-31-17-36-58-63(51)54-29-9-11-34-56(54)66(58,2)3)50-28-16-26-48(42-50)52-32-18-37-59-64(52)55-30-10-12-35-57(55)67(59,4)5/h6-42H,1-5H3. The lowest BCUT2D eigenvalue weighted by Crippen LogP contribution is -2.28. The van der Waals surface area contributed by atoms with Crippen molar-refractivity contribution >= 4 is 0 Å². The van der Waals surface area contributed by atoms with Gasteiger partial charge in [-0.1, -0.05) is 234 Å². The summed E-state index contributed by atoms with van der Waals surface area (Å²) in [6, 6.07) is 85.1. The Kier molecular flexibility index (Phi) is 8.84. The summed E-state index contributed by atoms with van der Waals surface area (Å²) >= 11 is 0. The van der Waals surface area contributed by atoms with E-state index in [0.29, 0.717) is 0 Å². The molecule has 0 radical (unpaired) electrons. The molecule has 13 rings (SSSR count). The zero-order chi connectivity index (χ0) is 45.9. The molecule has 0 aliphatic heterocycles. The first-order valence-electron chi connectivity index (χ1n) is 24.3. The molecule has 0 aromatic heterocycles. The predicted molar refractivity (Wildman–Crippen MR) is 285 cm³/mol. The molecule has 0 heteroatoms. The van der Waals surface area contributed by atoms with Crippen molar-refractivity contribution < 1.29 is 0 Å². The van der Waals surface area contributed by atoms with E-state index in [1.807, 2.05) is 0 Å². The molecule has 0 saturated heterocycles. The van der Waals surface area contributed by atoms with E-state index in [4.69, 9.17) is 0 Å². The number of rotatable bonds is 6. The molecule has 0 saturated carbocycles. The molecule has 3 aliphatic rings. The van der Waals surface area contributed by atoms with Crippen LogP contribution in [0.1, 0.15) is 77.8 Å². The summed E-state index contributed by atoms with van der Waals surface area (Å²) in [4.78, 5) is 0. The molecule has 10 aromatic carbocycles. The van der Waals surface area contributed by atoms with Crippen molar-refractivity contribution in [2.24, 2.45) is 0 Å². The minimum absolute atomic E-state index is 0.0936. The van der Waals surface area contributed by atoms with E-state index in [2.05, 4.69) is 259 Å². The third-order valence-corrected chi connectivity index (χ3v) is 16.1. The smallest absolute Gasteiger partial charge is 0.0622 e. The maximum atomic E-state index is 2.53. The van der Waals surface area contributed by atoms with Crippen LogP contribution in [-0.4, -0.2) is 0 Å². The fourth-order valence-corrected chi connectivity index (χ4v) is 12.9. The second kappa shape index (κ2) is 14.9. The number of benzene rings is 10. The van der Waals surface area contributed by atoms with Gasteiger partial charge in [-0.25, -0.2) is 0 Å². The van der Waals surface area contributed by atoms with E-state index in [9.17, 15) is 0 Å². The van der Waals surface area contributed by atoms with Crippen LogP contribution in [-0.2, 0) is 16.2 Å². The van der Waals surface area contributed by atoms with Gasteiger partial charge in [0.15, 0.2) is 0 Å². The van der Waals surface area contributed by atoms with Gasteiger partial charge in [-0.3, -0.25) is 0 Å². The largest absolute Gasteiger partial charge is 0.0714 e. The van der Waals surface area contributed by atoms with Gasteiger partial charge >= 0.3 is 0 Å². The highest BCUT2D eigenvalue weighted by molar-refractivity contribution is 5.99. The van der Waals surface area contributed by atoms with Gasteiger partial charge in [0.2, 0.25) is 0 Å². The van der Waals surface area contributed by atoms with E-state index in [1.165, 1.54) is 128 Å². The van der Waals surface area contributed by atoms with Gasteiger partial charge in [0.25, 0.3) is 0 Å². The van der Waals surface area contributed by atoms with Crippen LogP contribution < -0.4 is 0 Å². The lowest BCUT2D eigenvalue weighted by atomic mass is 9.66. The molecular formula is C68H52. The Morgan fingerprint density at radius 2 is 0.618 bits per heavy atom. The van der Waals surface area contributed by atoms with Gasteiger partial charge in [0.1, 0.15) is 0 Å². The van der Waals surface area contributed by atoms with Crippen LogP contribution in [0.15, 0.2) is 224 Å². The maximum Gasteiger partial charge on any atom is 0.0714 e. The Balaban J connectivity index is 1.10. The molecule has 0 bridgehead atoms. The van der Waals surface area contributed by atoms with Crippen molar-refractivity contribution in [2.45, 2.75) is 50.9 Å². The molecule has 0 unspecified atom stereocenters. The molecule has 324 valence electrons. The highest BCUT2D eigenvalue weighted by atomic mass is 14.5. The third-order valence-electron chi connectivity index (χ3n) is 16.1. The SMILES string of the molecule is Cc1cccc2c1-c1c(-c3cccc(-c4ccccc4)c3)cccc1C2(c1cccc(-c2cccc3c2-c2ccccc2C3(C)C)c1)c1cccc(-c2cccc3c2-c2ccccc2C3(C)C)c1. The van der Waals surface area contributed by atoms with Crippen molar-refractivity contribution in [3.05, 3.63) is 275 Å². The predicted octanol–water partition coefficient (Wildman–Crippen LogP) is 17.6. The molecular weight excluding hydrogens is 817 g/mol. The molecule has 0 N–H and O–H groups in total. The third kappa shape index (κ3) is 5.61. The average Bonchev–Trinajstić information content (AvgIpc) is 3.92. The Hall–Kier alpha value is -7.80. The first kappa shape index (κ1) is 40.5. The molecule has 0 fully saturated rings. The lowest BCUT2D eigenvalue weighted by Gasteiger charge is -2.35. The first-order chi connectivity index (χ1) is 33.2. The Bertz CT molecular complexity index is 3540. The van der Waals surface area contributed by atoms with Gasteiger partial charge in [-0.05, 0) is 153 Å². The van der Waals surface area contributed by atoms with Crippen LogP contribution in [0.4, 0.5) is 0 Å². The zero-order valence-corrected chi connectivity index (χ0v) is 39.4. The summed E-state index contributed by atoms with van der Waals surface area (Å²) in [7, 11) is 0. The quantitative estimate of drug-likeness (QED) is 0.156. The summed E-state index contributed by atoms with van der Waals surface area (Å²) in [5.74, 6) is 0. The summed E-state index contributed by atoms with van der Waals surface area (Å²) < 4.78 is 0. The van der Waals surface area contributed by atoms with Crippen LogP contribution in [0.5, 0.6) is 0 Å². The lowest BCUT2D eigenvalue weighted by molar-refractivity contribution is 0.660. The first-order valence-corrected chi connectivity index (χ1v) is 24.3. The van der Waals surface area contributed by atoms with E-state index >= 15 is 0 Å². The van der Waals surface area contributed by atoms with Crippen LogP contribution in [0.25, 0.3) is 77.9 Å². The number of hydrogen-bond acceptors (Lipinski definition) is 0. The van der Waals surface area contributed by atoms with Gasteiger partial charge in [0, 0.05) is 10.8 Å². The number of hydrogen-bond donors (Lipinski definition) is 0. The Morgan fingerprint density at radius 1 is 0.250 bits per heavy atom. The Morgan fingerprint density at radius 3 is 1.18 bits per heavy atom. The molecule has 0 spiro atoms. The van der Waals surface area contributed by atoms with Gasteiger partial charge in [-0.2, -0.15) is 0 Å². The molecule has 0 nitrogen and oxygen atoms in total. The average molecular weight is 869 g/mol. The van der Waals surface area contributed by atoms with Crippen molar-refractivity contribution in [3.63, 3.8) is 0 Å². The van der Waals surface area contributed by atoms with Gasteiger partial charge < -0.3 is 0 Å². The molecule has 0 amide bonds. The molecule has 10 aromatic rings.